The third-order valence-electron chi connectivity index (χ3n) is 3.43. The molecule has 0 aromatic carbocycles. The molecule has 1 N–H and O–H groups in total. The van der Waals surface area contributed by atoms with Crippen LogP contribution in [0.15, 0.2) is 18.3 Å². The number of hydrogen-bond donors (Lipinski definition) is 1. The Labute approximate surface area is 119 Å². The molecule has 5 nitrogen and oxygen atoms in total. The number of methoxy groups -OCH3 is 1. The normalized spacial score (nSPS) is 13.0. The van der Waals surface area contributed by atoms with Gasteiger partial charge in [0.05, 0.1) is 17.2 Å². The molecule has 1 heterocycles. The van der Waals surface area contributed by atoms with Crippen molar-refractivity contribution in [1.82, 2.24) is 4.98 Å². The molecule has 0 amide bonds. The molecule has 1 rings (SSSR count). The van der Waals surface area contributed by atoms with Gasteiger partial charge in [0.1, 0.15) is 0 Å². The van der Waals surface area contributed by atoms with Crippen molar-refractivity contribution in [2.24, 2.45) is 5.41 Å². The molecule has 0 aliphatic rings. The Morgan fingerprint density at radius 3 is 2.65 bits per heavy atom. The van der Waals surface area contributed by atoms with E-state index in [0.717, 1.165) is 0 Å². The van der Waals surface area contributed by atoms with E-state index in [1.807, 2.05) is 6.92 Å². The smallest absolute Gasteiger partial charge is 0.309 e. The fourth-order valence-corrected chi connectivity index (χ4v) is 1.76. The van der Waals surface area contributed by atoms with Crippen LogP contribution in [0, 0.1) is 5.41 Å². The van der Waals surface area contributed by atoms with Crippen molar-refractivity contribution in [1.29, 1.82) is 0 Å². The van der Waals surface area contributed by atoms with E-state index in [2.05, 4.69) is 4.98 Å². The standard InChI is InChI=1S/C15H21NO4/c1-10(20-4)13-11(6-5-9-16-13)12(17)7-8-15(2,3)14(18)19/h5-6,9-10H,7-8H2,1-4H3,(H,18,19)/t10-/m0/s1. The van der Waals surface area contributed by atoms with Gasteiger partial charge in [-0.15, -0.1) is 0 Å². The highest BCUT2D eigenvalue weighted by Crippen LogP contribution is 2.25. The molecule has 0 aliphatic carbocycles. The van der Waals surface area contributed by atoms with Crippen LogP contribution in [0.2, 0.25) is 0 Å². The van der Waals surface area contributed by atoms with Gasteiger partial charge in [0.2, 0.25) is 0 Å². The van der Waals surface area contributed by atoms with Crippen molar-refractivity contribution < 1.29 is 19.4 Å². The second-order valence-electron chi connectivity index (χ2n) is 5.43. The number of Topliss-reactive ketones (excluding diaryl/α,β-unsaturated/α-hetero) is 1. The molecule has 1 aromatic heterocycles. The van der Waals surface area contributed by atoms with E-state index in [4.69, 9.17) is 9.84 Å². The van der Waals surface area contributed by atoms with Gasteiger partial charge >= 0.3 is 5.97 Å². The maximum absolute atomic E-state index is 12.3. The first-order chi connectivity index (χ1) is 9.29. The van der Waals surface area contributed by atoms with Gasteiger partial charge in [-0.05, 0) is 39.3 Å². The van der Waals surface area contributed by atoms with Crippen LogP contribution in [0.3, 0.4) is 0 Å². The lowest BCUT2D eigenvalue weighted by Crippen LogP contribution is -2.24. The summed E-state index contributed by atoms with van der Waals surface area (Å²) < 4.78 is 5.20. The number of carbonyl (C=O) groups excluding carboxylic acids is 1. The summed E-state index contributed by atoms with van der Waals surface area (Å²) >= 11 is 0. The molecule has 1 atom stereocenters. The molecule has 0 bridgehead atoms. The van der Waals surface area contributed by atoms with Crippen molar-refractivity contribution >= 4 is 11.8 Å². The zero-order valence-corrected chi connectivity index (χ0v) is 12.3. The van der Waals surface area contributed by atoms with E-state index in [1.165, 1.54) is 0 Å². The molecule has 0 fully saturated rings. The third-order valence-corrected chi connectivity index (χ3v) is 3.43. The second kappa shape index (κ2) is 6.61. The summed E-state index contributed by atoms with van der Waals surface area (Å²) in [5.74, 6) is -1.01. The Balaban J connectivity index is 2.86. The average molecular weight is 279 g/mol. The van der Waals surface area contributed by atoms with Crippen molar-refractivity contribution in [3.8, 4) is 0 Å². The van der Waals surface area contributed by atoms with Crippen LogP contribution in [-0.2, 0) is 9.53 Å². The summed E-state index contributed by atoms with van der Waals surface area (Å²) in [6.07, 6.45) is 1.80. The molecule has 5 heteroatoms. The molecule has 0 aliphatic heterocycles. The van der Waals surface area contributed by atoms with Crippen molar-refractivity contribution in [2.75, 3.05) is 7.11 Å². The van der Waals surface area contributed by atoms with Crippen molar-refractivity contribution in [2.45, 2.75) is 39.7 Å². The van der Waals surface area contributed by atoms with Crippen LogP contribution in [0.1, 0.15) is 55.8 Å². The van der Waals surface area contributed by atoms with Crippen LogP contribution in [0.4, 0.5) is 0 Å². The van der Waals surface area contributed by atoms with Crippen molar-refractivity contribution in [3.63, 3.8) is 0 Å². The van der Waals surface area contributed by atoms with E-state index >= 15 is 0 Å². The summed E-state index contributed by atoms with van der Waals surface area (Å²) in [5.41, 5.74) is 0.182. The third kappa shape index (κ3) is 3.87. The number of carboxylic acids is 1. The summed E-state index contributed by atoms with van der Waals surface area (Å²) in [4.78, 5) is 27.5. The minimum absolute atomic E-state index is 0.105. The number of aliphatic carboxylic acids is 1. The Bertz CT molecular complexity index is 496. The number of carbonyl (C=O) groups is 2. The molecule has 20 heavy (non-hydrogen) atoms. The van der Waals surface area contributed by atoms with E-state index in [1.54, 1.807) is 39.3 Å². The molecule has 1 aromatic rings. The predicted molar refractivity (Wildman–Crippen MR) is 74.6 cm³/mol. The molecule has 0 saturated heterocycles. The van der Waals surface area contributed by atoms with Gasteiger partial charge in [-0.1, -0.05) is 0 Å². The quantitative estimate of drug-likeness (QED) is 0.777. The molecule has 0 saturated carbocycles. The van der Waals surface area contributed by atoms with E-state index in [-0.39, 0.29) is 24.7 Å². The minimum atomic E-state index is -0.912. The number of carboxylic acid groups (broad SMARTS) is 1. The number of nitrogens with zero attached hydrogens (tertiary/aromatic N) is 1. The Kier molecular flexibility index (Phi) is 5.39. The van der Waals surface area contributed by atoms with Crippen LogP contribution < -0.4 is 0 Å². The van der Waals surface area contributed by atoms with Crippen molar-refractivity contribution in [3.05, 3.63) is 29.6 Å². The number of pyridine rings is 1. The van der Waals surface area contributed by atoms with Gasteiger partial charge in [0.25, 0.3) is 0 Å². The summed E-state index contributed by atoms with van der Waals surface area (Å²) in [5, 5.41) is 9.06. The van der Waals surface area contributed by atoms with Crippen LogP contribution in [0.25, 0.3) is 0 Å². The summed E-state index contributed by atoms with van der Waals surface area (Å²) in [6.45, 7) is 5.05. The fraction of sp³-hybridized carbons (Fsp3) is 0.533. The first kappa shape index (κ1) is 16.3. The first-order valence-corrected chi connectivity index (χ1v) is 6.54. The average Bonchev–Trinajstić information content (AvgIpc) is 2.43. The van der Waals surface area contributed by atoms with Gasteiger partial charge in [0.15, 0.2) is 5.78 Å². The van der Waals surface area contributed by atoms with Gasteiger partial charge in [-0.25, -0.2) is 0 Å². The first-order valence-electron chi connectivity index (χ1n) is 6.54. The van der Waals surface area contributed by atoms with Crippen LogP contribution >= 0.6 is 0 Å². The highest BCUT2D eigenvalue weighted by molar-refractivity contribution is 5.97. The van der Waals surface area contributed by atoms with Gasteiger partial charge in [0, 0.05) is 25.3 Å². The molecule has 0 radical (unpaired) electrons. The molecular weight excluding hydrogens is 258 g/mol. The predicted octanol–water partition coefficient (Wildman–Crippen LogP) is 2.86. The monoisotopic (exact) mass is 279 g/mol. The highest BCUT2D eigenvalue weighted by atomic mass is 16.5. The molecular formula is C15H21NO4. The number of rotatable bonds is 7. The lowest BCUT2D eigenvalue weighted by atomic mass is 9.86. The van der Waals surface area contributed by atoms with E-state index in [9.17, 15) is 9.59 Å². The zero-order valence-electron chi connectivity index (χ0n) is 12.3. The van der Waals surface area contributed by atoms with Gasteiger partial charge in [-0.3, -0.25) is 14.6 Å². The molecule has 0 unspecified atom stereocenters. The largest absolute Gasteiger partial charge is 0.481 e. The molecule has 0 spiro atoms. The van der Waals surface area contributed by atoms with E-state index in [0.29, 0.717) is 11.3 Å². The van der Waals surface area contributed by atoms with E-state index < -0.39 is 11.4 Å². The molecule has 110 valence electrons. The second-order valence-corrected chi connectivity index (χ2v) is 5.43. The Hall–Kier alpha value is -1.75. The number of hydrogen-bond acceptors (Lipinski definition) is 4. The Morgan fingerprint density at radius 2 is 2.10 bits per heavy atom. The SMILES string of the molecule is CO[C@@H](C)c1ncccc1C(=O)CCC(C)(C)C(=O)O. The van der Waals surface area contributed by atoms with Crippen LogP contribution in [-0.4, -0.2) is 29.0 Å². The van der Waals surface area contributed by atoms with Crippen LogP contribution in [0.5, 0.6) is 0 Å². The zero-order chi connectivity index (χ0) is 15.3. The number of ether oxygens (including phenoxy) is 1. The fourth-order valence-electron chi connectivity index (χ4n) is 1.76. The minimum Gasteiger partial charge on any atom is -0.481 e. The maximum atomic E-state index is 12.3. The number of aromatic nitrogens is 1. The summed E-state index contributed by atoms with van der Waals surface area (Å²) in [6, 6.07) is 3.40. The lowest BCUT2D eigenvalue weighted by molar-refractivity contribution is -0.147. The summed E-state index contributed by atoms with van der Waals surface area (Å²) in [7, 11) is 1.56. The maximum Gasteiger partial charge on any atom is 0.309 e. The van der Waals surface area contributed by atoms with Gasteiger partial charge in [-0.2, -0.15) is 0 Å². The highest BCUT2D eigenvalue weighted by Gasteiger charge is 2.28. The number of ketones is 1. The van der Waals surface area contributed by atoms with Gasteiger partial charge < -0.3 is 9.84 Å². The lowest BCUT2D eigenvalue weighted by Gasteiger charge is -2.19. The topological polar surface area (TPSA) is 76.5 Å². The Morgan fingerprint density at radius 1 is 1.45 bits per heavy atom.